The number of carbonyl (C=O) groups is 2. The number of nitrogens with zero attached hydrogens (tertiary/aromatic N) is 1. The first kappa shape index (κ1) is 24.5. The molecule has 1 fully saturated rings. The van der Waals surface area contributed by atoms with Crippen LogP contribution in [0.15, 0.2) is 18.2 Å². The van der Waals surface area contributed by atoms with Crippen molar-refractivity contribution >= 4 is 36.6 Å². The number of halogens is 4. The zero-order chi connectivity index (χ0) is 17.5. The van der Waals surface area contributed by atoms with E-state index in [2.05, 4.69) is 15.5 Å². The van der Waals surface area contributed by atoms with E-state index in [1.54, 1.807) is 6.07 Å². The summed E-state index contributed by atoms with van der Waals surface area (Å²) in [7, 11) is 0. The molecule has 1 saturated heterocycles. The Morgan fingerprint density at radius 1 is 1.12 bits per heavy atom. The van der Waals surface area contributed by atoms with Gasteiger partial charge in [0.2, 0.25) is 11.8 Å². The number of nitrogens with two attached hydrogens (primary N) is 1. The topological polar surface area (TPSA) is 87.5 Å². The van der Waals surface area contributed by atoms with E-state index in [9.17, 15) is 18.4 Å². The van der Waals surface area contributed by atoms with Gasteiger partial charge < -0.3 is 16.4 Å². The summed E-state index contributed by atoms with van der Waals surface area (Å²) in [5.74, 6) is -2.29. The van der Waals surface area contributed by atoms with Crippen molar-refractivity contribution in [3.63, 3.8) is 0 Å². The molecule has 1 aliphatic heterocycles. The van der Waals surface area contributed by atoms with E-state index < -0.39 is 11.6 Å². The van der Waals surface area contributed by atoms with Gasteiger partial charge in [-0.05, 0) is 30.5 Å². The molecule has 2 amide bonds. The SMILES string of the molecule is Cl.Cl.NCC(=O)NCC(=O)NC1CCN(Cc2ccc(F)c(F)c2)CC1. The molecule has 0 aromatic heterocycles. The highest BCUT2D eigenvalue weighted by Gasteiger charge is 2.21. The standard InChI is InChI=1S/C16H22F2N4O2.2ClH/c17-13-2-1-11(7-14(13)18)10-22-5-3-12(4-6-22)21-16(24)9-20-15(23)8-19;;/h1-2,7,12H,3-6,8-10,19H2,(H,20,23)(H,21,24);2*1H. The van der Waals surface area contributed by atoms with Crippen LogP contribution in [0.25, 0.3) is 0 Å². The maximum atomic E-state index is 13.2. The van der Waals surface area contributed by atoms with Crippen LogP contribution in [0.4, 0.5) is 8.78 Å². The zero-order valence-electron chi connectivity index (χ0n) is 14.2. The molecule has 1 heterocycles. The summed E-state index contributed by atoms with van der Waals surface area (Å²) in [5.41, 5.74) is 5.87. The number of piperidine rings is 1. The quantitative estimate of drug-likeness (QED) is 0.649. The number of hydrogen-bond donors (Lipinski definition) is 3. The molecule has 0 atom stereocenters. The van der Waals surface area contributed by atoms with Crippen molar-refractivity contribution in [2.75, 3.05) is 26.2 Å². The molecule has 0 aliphatic carbocycles. The third kappa shape index (κ3) is 7.82. The highest BCUT2D eigenvalue weighted by atomic mass is 35.5. The summed E-state index contributed by atoms with van der Waals surface area (Å²) in [6.07, 6.45) is 1.53. The third-order valence-corrected chi connectivity index (χ3v) is 3.97. The first-order chi connectivity index (χ1) is 11.5. The van der Waals surface area contributed by atoms with Crippen LogP contribution in [0.2, 0.25) is 0 Å². The Labute approximate surface area is 163 Å². The summed E-state index contributed by atoms with van der Waals surface area (Å²) >= 11 is 0. The molecule has 148 valence electrons. The predicted octanol–water partition coefficient (Wildman–Crippen LogP) is 0.964. The van der Waals surface area contributed by atoms with Gasteiger partial charge in [-0.2, -0.15) is 0 Å². The first-order valence-corrected chi connectivity index (χ1v) is 7.90. The van der Waals surface area contributed by atoms with Crippen molar-refractivity contribution in [1.29, 1.82) is 0 Å². The molecule has 0 saturated carbocycles. The van der Waals surface area contributed by atoms with Crippen molar-refractivity contribution in [3.05, 3.63) is 35.4 Å². The fourth-order valence-corrected chi connectivity index (χ4v) is 2.66. The van der Waals surface area contributed by atoms with Crippen molar-refractivity contribution in [2.45, 2.75) is 25.4 Å². The minimum absolute atomic E-state index is 0. The molecule has 1 aliphatic rings. The Morgan fingerprint density at radius 3 is 2.35 bits per heavy atom. The summed E-state index contributed by atoms with van der Waals surface area (Å²) in [4.78, 5) is 24.8. The number of carbonyl (C=O) groups excluding carboxylic acids is 2. The highest BCUT2D eigenvalue weighted by molar-refractivity contribution is 5.86. The zero-order valence-corrected chi connectivity index (χ0v) is 15.8. The first-order valence-electron chi connectivity index (χ1n) is 7.90. The van der Waals surface area contributed by atoms with E-state index in [-0.39, 0.29) is 55.8 Å². The van der Waals surface area contributed by atoms with Crippen molar-refractivity contribution in [1.82, 2.24) is 15.5 Å². The minimum Gasteiger partial charge on any atom is -0.352 e. The normalized spacial score (nSPS) is 14.7. The summed E-state index contributed by atoms with van der Waals surface area (Å²) in [5, 5.41) is 5.29. The Morgan fingerprint density at radius 2 is 1.77 bits per heavy atom. The second kappa shape index (κ2) is 12.0. The van der Waals surface area contributed by atoms with E-state index in [4.69, 9.17) is 5.73 Å². The van der Waals surface area contributed by atoms with Gasteiger partial charge >= 0.3 is 0 Å². The molecule has 26 heavy (non-hydrogen) atoms. The van der Waals surface area contributed by atoms with Crippen molar-refractivity contribution in [3.8, 4) is 0 Å². The van der Waals surface area contributed by atoms with Gasteiger partial charge in [0.15, 0.2) is 11.6 Å². The maximum Gasteiger partial charge on any atom is 0.239 e. The predicted molar refractivity (Wildman–Crippen MR) is 99.4 cm³/mol. The van der Waals surface area contributed by atoms with Crippen LogP contribution >= 0.6 is 24.8 Å². The molecule has 1 aromatic carbocycles. The van der Waals surface area contributed by atoms with E-state index in [0.29, 0.717) is 6.54 Å². The second-order valence-electron chi connectivity index (χ2n) is 5.85. The van der Waals surface area contributed by atoms with Crippen molar-refractivity contribution in [2.24, 2.45) is 5.73 Å². The molecule has 0 radical (unpaired) electrons. The van der Waals surface area contributed by atoms with Crippen LogP contribution < -0.4 is 16.4 Å². The van der Waals surface area contributed by atoms with Gasteiger partial charge in [0, 0.05) is 25.7 Å². The van der Waals surface area contributed by atoms with Gasteiger partial charge in [-0.1, -0.05) is 6.07 Å². The second-order valence-corrected chi connectivity index (χ2v) is 5.85. The molecule has 0 unspecified atom stereocenters. The summed E-state index contributed by atoms with van der Waals surface area (Å²) < 4.78 is 26.1. The number of likely N-dealkylation sites (tertiary alicyclic amines) is 1. The van der Waals surface area contributed by atoms with Crippen LogP contribution in [0.1, 0.15) is 18.4 Å². The minimum atomic E-state index is -0.845. The lowest BCUT2D eigenvalue weighted by Crippen LogP contribution is -2.47. The largest absolute Gasteiger partial charge is 0.352 e. The smallest absolute Gasteiger partial charge is 0.239 e. The van der Waals surface area contributed by atoms with Crippen molar-refractivity contribution < 1.29 is 18.4 Å². The Balaban J connectivity index is 0.00000312. The molecule has 0 spiro atoms. The Hall–Kier alpha value is -1.48. The molecule has 1 aromatic rings. The van der Waals surface area contributed by atoms with E-state index >= 15 is 0 Å². The van der Waals surface area contributed by atoms with Gasteiger partial charge in [0.05, 0.1) is 13.1 Å². The van der Waals surface area contributed by atoms with Gasteiger partial charge in [-0.15, -0.1) is 24.8 Å². The number of nitrogens with one attached hydrogen (secondary N) is 2. The average molecular weight is 413 g/mol. The number of hydrogen-bond acceptors (Lipinski definition) is 4. The van der Waals surface area contributed by atoms with Gasteiger partial charge in [-0.3, -0.25) is 14.5 Å². The van der Waals surface area contributed by atoms with Gasteiger partial charge in [-0.25, -0.2) is 8.78 Å². The molecule has 6 nitrogen and oxygen atoms in total. The lowest BCUT2D eigenvalue weighted by Gasteiger charge is -2.32. The summed E-state index contributed by atoms with van der Waals surface area (Å²) in [6.45, 7) is 1.82. The van der Waals surface area contributed by atoms with Crippen LogP contribution in [0.5, 0.6) is 0 Å². The number of amides is 2. The Kier molecular flexibility index (Phi) is 11.3. The van der Waals surface area contributed by atoms with Crippen LogP contribution in [-0.4, -0.2) is 48.9 Å². The molecule has 2 rings (SSSR count). The fourth-order valence-electron chi connectivity index (χ4n) is 2.66. The van der Waals surface area contributed by atoms with Crippen LogP contribution in [0, 0.1) is 11.6 Å². The van der Waals surface area contributed by atoms with Crippen LogP contribution in [-0.2, 0) is 16.1 Å². The fraction of sp³-hybridized carbons (Fsp3) is 0.500. The lowest BCUT2D eigenvalue weighted by atomic mass is 10.0. The number of rotatable bonds is 6. The maximum absolute atomic E-state index is 13.2. The molecule has 10 heteroatoms. The molecular formula is C16H24Cl2F2N4O2. The monoisotopic (exact) mass is 412 g/mol. The number of benzene rings is 1. The average Bonchev–Trinajstić information content (AvgIpc) is 2.58. The lowest BCUT2D eigenvalue weighted by molar-refractivity contribution is -0.125. The molecule has 0 bridgehead atoms. The van der Waals surface area contributed by atoms with E-state index in [0.717, 1.165) is 37.6 Å². The summed E-state index contributed by atoms with van der Waals surface area (Å²) in [6, 6.07) is 3.97. The van der Waals surface area contributed by atoms with Crippen LogP contribution in [0.3, 0.4) is 0 Å². The van der Waals surface area contributed by atoms with E-state index in [1.165, 1.54) is 6.07 Å². The van der Waals surface area contributed by atoms with E-state index in [1.807, 2.05) is 0 Å². The molecule has 4 N–H and O–H groups in total. The highest BCUT2D eigenvalue weighted by Crippen LogP contribution is 2.15. The molecular weight excluding hydrogens is 389 g/mol. The third-order valence-electron chi connectivity index (χ3n) is 3.97. The van der Waals surface area contributed by atoms with Gasteiger partial charge in [0.1, 0.15) is 0 Å². The van der Waals surface area contributed by atoms with Gasteiger partial charge in [0.25, 0.3) is 0 Å². The Bertz CT molecular complexity index is 600.